The van der Waals surface area contributed by atoms with Crippen molar-refractivity contribution in [2.45, 2.75) is 17.0 Å². The number of pyridine rings is 1. The summed E-state index contributed by atoms with van der Waals surface area (Å²) in [5, 5.41) is 3.76. The number of nitrogens with one attached hydrogen (secondary N) is 1. The average molecular weight is 621 g/mol. The lowest BCUT2D eigenvalue weighted by atomic mass is 9.98. The predicted octanol–water partition coefficient (Wildman–Crippen LogP) is 4.42. The monoisotopic (exact) mass is 620 g/mol. The lowest BCUT2D eigenvalue weighted by Gasteiger charge is -2.40. The summed E-state index contributed by atoms with van der Waals surface area (Å²) < 4.78 is 35.2. The minimum absolute atomic E-state index is 0.0515. The van der Waals surface area contributed by atoms with Gasteiger partial charge < -0.3 is 15.0 Å². The number of carbonyl (C=O) groups is 2. The van der Waals surface area contributed by atoms with Crippen molar-refractivity contribution < 1.29 is 22.7 Å². The Morgan fingerprint density at radius 2 is 1.47 bits per heavy atom. The topological polar surface area (TPSA) is 109 Å². The van der Waals surface area contributed by atoms with Crippen LogP contribution in [0.1, 0.15) is 17.2 Å². The van der Waals surface area contributed by atoms with Gasteiger partial charge in [0.05, 0.1) is 16.5 Å². The van der Waals surface area contributed by atoms with E-state index in [1.54, 1.807) is 42.6 Å². The molecule has 228 valence electrons. The van der Waals surface area contributed by atoms with E-state index in [-0.39, 0.29) is 37.0 Å². The molecule has 1 aliphatic rings. The normalized spacial score (nSPS) is 15.6. The minimum atomic E-state index is -4.14. The number of rotatable bonds is 9. The number of ether oxygens (including phenoxy) is 1. The molecule has 4 aromatic carbocycles. The third kappa shape index (κ3) is 6.72. The van der Waals surface area contributed by atoms with Crippen molar-refractivity contribution in [3.8, 4) is 5.75 Å². The van der Waals surface area contributed by atoms with E-state index in [1.165, 1.54) is 15.3 Å². The Kier molecular flexibility index (Phi) is 8.86. The van der Waals surface area contributed by atoms with Crippen molar-refractivity contribution in [2.75, 3.05) is 26.2 Å². The summed E-state index contributed by atoms with van der Waals surface area (Å²) in [5.41, 5.74) is 2.34. The fourth-order valence-electron chi connectivity index (χ4n) is 5.49. The number of aromatic nitrogens is 1. The number of nitrogens with zero attached hydrogens (tertiary/aromatic N) is 3. The molecule has 45 heavy (non-hydrogen) atoms. The number of sulfonamides is 1. The summed E-state index contributed by atoms with van der Waals surface area (Å²) in [6.45, 7) is -0.327. The van der Waals surface area contributed by atoms with Crippen LogP contribution in [0.15, 0.2) is 132 Å². The summed E-state index contributed by atoms with van der Waals surface area (Å²) in [6, 6.07) is 34.5. The molecule has 0 spiro atoms. The van der Waals surface area contributed by atoms with Crippen molar-refractivity contribution in [3.05, 3.63) is 139 Å². The van der Waals surface area contributed by atoms with Gasteiger partial charge in [0.2, 0.25) is 15.9 Å². The van der Waals surface area contributed by atoms with E-state index in [2.05, 4.69) is 10.3 Å². The first kappa shape index (κ1) is 30.0. The van der Waals surface area contributed by atoms with Crippen LogP contribution < -0.4 is 10.1 Å². The van der Waals surface area contributed by atoms with E-state index in [9.17, 15) is 18.0 Å². The van der Waals surface area contributed by atoms with Gasteiger partial charge in [0.25, 0.3) is 5.91 Å². The zero-order valence-electron chi connectivity index (χ0n) is 24.4. The molecule has 10 heteroatoms. The van der Waals surface area contributed by atoms with E-state index < -0.39 is 28.0 Å². The molecule has 2 amide bonds. The molecule has 2 heterocycles. The van der Waals surface area contributed by atoms with Crippen LogP contribution in [0, 0.1) is 0 Å². The number of carbonyl (C=O) groups excluding carboxylic acids is 2. The summed E-state index contributed by atoms with van der Waals surface area (Å²) in [5.74, 6) is -0.311. The van der Waals surface area contributed by atoms with E-state index in [0.717, 1.165) is 11.1 Å². The maximum atomic E-state index is 14.2. The second-order valence-corrected chi connectivity index (χ2v) is 12.6. The molecule has 1 saturated heterocycles. The van der Waals surface area contributed by atoms with Crippen LogP contribution in [0.2, 0.25) is 0 Å². The van der Waals surface area contributed by atoms with Gasteiger partial charge in [0.1, 0.15) is 11.8 Å². The summed E-state index contributed by atoms with van der Waals surface area (Å²) in [6.07, 6.45) is 1.64. The van der Waals surface area contributed by atoms with Crippen molar-refractivity contribution in [3.63, 3.8) is 0 Å². The van der Waals surface area contributed by atoms with Gasteiger partial charge in [-0.15, -0.1) is 0 Å². The van der Waals surface area contributed by atoms with Crippen LogP contribution in [0.3, 0.4) is 0 Å². The smallest absolute Gasteiger partial charge is 0.260 e. The number of para-hydroxylation sites is 1. The Labute approximate surface area is 262 Å². The van der Waals surface area contributed by atoms with Crippen LogP contribution in [0.25, 0.3) is 10.9 Å². The van der Waals surface area contributed by atoms with Crippen LogP contribution in [-0.4, -0.2) is 66.7 Å². The van der Waals surface area contributed by atoms with Gasteiger partial charge in [-0.25, -0.2) is 8.42 Å². The Hall–Kier alpha value is -5.06. The first-order valence-corrected chi connectivity index (χ1v) is 16.1. The molecule has 0 bridgehead atoms. The van der Waals surface area contributed by atoms with E-state index in [0.29, 0.717) is 16.7 Å². The summed E-state index contributed by atoms with van der Waals surface area (Å²) in [4.78, 5) is 33.3. The van der Waals surface area contributed by atoms with Crippen molar-refractivity contribution in [1.82, 2.24) is 19.5 Å². The molecule has 1 N–H and O–H groups in total. The average Bonchev–Trinajstić information content (AvgIpc) is 3.10. The highest BCUT2D eigenvalue weighted by atomic mass is 32.2. The third-order valence-corrected chi connectivity index (χ3v) is 9.73. The molecule has 5 aromatic rings. The van der Waals surface area contributed by atoms with E-state index in [4.69, 9.17) is 4.74 Å². The van der Waals surface area contributed by atoms with Crippen molar-refractivity contribution in [1.29, 1.82) is 0 Å². The highest BCUT2D eigenvalue weighted by Crippen LogP contribution is 2.27. The molecule has 1 aromatic heterocycles. The number of amides is 2. The standard InChI is InChI=1S/C35H32N4O5S/c40-33(25-44-29-16-8-3-9-17-29)38-21-22-39(45(42,43)30-18-19-31-28(23-30)15-10-20-36-31)32(24-38)35(41)37-34(26-11-4-1-5-12-26)27-13-6-2-7-14-27/h1-20,23,32,34H,21-22,24-25H2,(H,37,41). The molecule has 0 saturated carbocycles. The number of hydrogen-bond acceptors (Lipinski definition) is 6. The van der Waals surface area contributed by atoms with Crippen LogP contribution >= 0.6 is 0 Å². The SMILES string of the molecule is O=C(NC(c1ccccc1)c1ccccc1)C1CN(C(=O)COc2ccccc2)CCN1S(=O)(=O)c1ccc2ncccc2c1. The second kappa shape index (κ2) is 13.3. The minimum Gasteiger partial charge on any atom is -0.484 e. The molecule has 1 unspecified atom stereocenters. The molecular weight excluding hydrogens is 588 g/mol. The molecule has 9 nitrogen and oxygen atoms in total. The van der Waals surface area contributed by atoms with Crippen molar-refractivity contribution in [2.24, 2.45) is 0 Å². The number of piperazine rings is 1. The first-order chi connectivity index (χ1) is 21.9. The lowest BCUT2D eigenvalue weighted by Crippen LogP contribution is -2.62. The fraction of sp³-hybridized carbons (Fsp3) is 0.171. The van der Waals surface area contributed by atoms with Gasteiger partial charge in [-0.05, 0) is 47.5 Å². The highest BCUT2D eigenvalue weighted by molar-refractivity contribution is 7.89. The molecular formula is C35H32N4O5S. The van der Waals surface area contributed by atoms with Crippen LogP contribution in [0.5, 0.6) is 5.75 Å². The van der Waals surface area contributed by atoms with Crippen LogP contribution in [-0.2, 0) is 19.6 Å². The molecule has 1 aliphatic heterocycles. The third-order valence-electron chi connectivity index (χ3n) is 7.83. The molecule has 6 rings (SSSR count). The number of hydrogen-bond donors (Lipinski definition) is 1. The Morgan fingerprint density at radius 3 is 2.13 bits per heavy atom. The van der Waals surface area contributed by atoms with E-state index >= 15 is 0 Å². The van der Waals surface area contributed by atoms with Crippen molar-refractivity contribution >= 4 is 32.7 Å². The maximum absolute atomic E-state index is 14.2. The van der Waals surface area contributed by atoms with Gasteiger partial charge in [-0.3, -0.25) is 14.6 Å². The number of benzene rings is 4. The first-order valence-electron chi connectivity index (χ1n) is 14.6. The van der Waals surface area contributed by atoms with Gasteiger partial charge >= 0.3 is 0 Å². The zero-order valence-corrected chi connectivity index (χ0v) is 25.2. The maximum Gasteiger partial charge on any atom is 0.260 e. The number of fused-ring (bicyclic) bond motifs is 1. The molecule has 1 fully saturated rings. The van der Waals surface area contributed by atoms with Gasteiger partial charge in [0.15, 0.2) is 6.61 Å². The zero-order chi connectivity index (χ0) is 31.2. The summed E-state index contributed by atoms with van der Waals surface area (Å²) >= 11 is 0. The van der Waals surface area contributed by atoms with Gasteiger partial charge in [-0.2, -0.15) is 4.31 Å². The molecule has 0 radical (unpaired) electrons. The van der Waals surface area contributed by atoms with Crippen LogP contribution in [0.4, 0.5) is 0 Å². The van der Waals surface area contributed by atoms with E-state index in [1.807, 2.05) is 78.9 Å². The summed E-state index contributed by atoms with van der Waals surface area (Å²) in [7, 11) is -4.14. The van der Waals surface area contributed by atoms with Gasteiger partial charge in [-0.1, -0.05) is 84.9 Å². The molecule has 1 atom stereocenters. The molecule has 0 aliphatic carbocycles. The highest BCUT2D eigenvalue weighted by Gasteiger charge is 2.42. The fourth-order valence-corrected chi connectivity index (χ4v) is 7.09. The second-order valence-electron chi connectivity index (χ2n) is 10.7. The lowest BCUT2D eigenvalue weighted by molar-refractivity contribution is -0.138. The Bertz CT molecular complexity index is 1850. The Balaban J connectivity index is 1.31. The predicted molar refractivity (Wildman–Crippen MR) is 171 cm³/mol. The largest absolute Gasteiger partial charge is 0.484 e. The Morgan fingerprint density at radius 1 is 0.822 bits per heavy atom. The van der Waals surface area contributed by atoms with Gasteiger partial charge in [0, 0.05) is 31.2 Å². The quantitative estimate of drug-likeness (QED) is 0.261.